The molecule has 2 aliphatic rings. The second-order valence-electron chi connectivity index (χ2n) is 6.31. The van der Waals surface area contributed by atoms with Gasteiger partial charge < -0.3 is 10.0 Å². The molecule has 112 valence electrons. The van der Waals surface area contributed by atoms with E-state index in [0.29, 0.717) is 18.9 Å². The Morgan fingerprint density at radius 3 is 2.57 bits per heavy atom. The molecule has 0 bridgehead atoms. The molecular weight excluding hydrogens is 266 g/mol. The predicted molar refractivity (Wildman–Crippen MR) is 78.9 cm³/mol. The predicted octanol–water partition coefficient (Wildman–Crippen LogP) is 2.42. The number of nitrogens with zero attached hydrogens (tertiary/aromatic N) is 1. The number of amides is 1. The van der Waals surface area contributed by atoms with Gasteiger partial charge in [0.05, 0.1) is 5.92 Å². The number of likely N-dealkylation sites (tertiary alicyclic amines) is 1. The van der Waals surface area contributed by atoms with Crippen molar-refractivity contribution in [1.29, 1.82) is 0 Å². The quantitative estimate of drug-likeness (QED) is 0.929. The van der Waals surface area contributed by atoms with E-state index in [1.54, 1.807) is 4.90 Å². The van der Waals surface area contributed by atoms with Crippen LogP contribution in [-0.4, -0.2) is 34.5 Å². The van der Waals surface area contributed by atoms with E-state index < -0.39 is 11.9 Å². The molecule has 21 heavy (non-hydrogen) atoms. The molecule has 1 aromatic carbocycles. The van der Waals surface area contributed by atoms with E-state index in [4.69, 9.17) is 5.11 Å². The lowest BCUT2D eigenvalue weighted by Gasteiger charge is -2.23. The maximum Gasteiger partial charge on any atom is 0.308 e. The lowest BCUT2D eigenvalue weighted by atomic mass is 10.0. The van der Waals surface area contributed by atoms with Gasteiger partial charge in [-0.3, -0.25) is 9.59 Å². The van der Waals surface area contributed by atoms with Crippen LogP contribution in [0.5, 0.6) is 0 Å². The van der Waals surface area contributed by atoms with Crippen molar-refractivity contribution in [3.8, 4) is 0 Å². The van der Waals surface area contributed by atoms with Gasteiger partial charge in [-0.25, -0.2) is 0 Å². The summed E-state index contributed by atoms with van der Waals surface area (Å²) >= 11 is 0. The van der Waals surface area contributed by atoms with Gasteiger partial charge in [-0.15, -0.1) is 0 Å². The van der Waals surface area contributed by atoms with E-state index in [0.717, 1.165) is 6.42 Å². The molecule has 0 aromatic heterocycles. The van der Waals surface area contributed by atoms with Gasteiger partial charge in [0.2, 0.25) is 5.91 Å². The third-order valence-electron chi connectivity index (χ3n) is 5.05. The number of carboxylic acids is 1. The SMILES string of the molecule is Cc1ccccc1C1CC1C(=O)N1CCC(C(=O)O)C1C. The third-order valence-corrected chi connectivity index (χ3v) is 5.05. The van der Waals surface area contributed by atoms with Crippen molar-refractivity contribution in [2.45, 2.75) is 38.6 Å². The summed E-state index contributed by atoms with van der Waals surface area (Å²) in [5.41, 5.74) is 2.49. The topological polar surface area (TPSA) is 57.6 Å². The van der Waals surface area contributed by atoms with Gasteiger partial charge in [0.15, 0.2) is 0 Å². The Morgan fingerprint density at radius 2 is 1.95 bits per heavy atom. The normalized spacial score (nSPS) is 31.2. The van der Waals surface area contributed by atoms with Gasteiger partial charge in [-0.1, -0.05) is 24.3 Å². The molecule has 2 fully saturated rings. The standard InChI is InChI=1S/C17H21NO3/c1-10-5-3-4-6-12(10)14-9-15(14)16(19)18-8-7-13(11(18)2)17(20)21/h3-6,11,13-15H,7-9H2,1-2H3,(H,20,21). The first-order chi connectivity index (χ1) is 10.0. The zero-order valence-corrected chi connectivity index (χ0v) is 12.5. The highest BCUT2D eigenvalue weighted by Gasteiger charge is 2.49. The number of hydrogen-bond acceptors (Lipinski definition) is 2. The van der Waals surface area contributed by atoms with Gasteiger partial charge in [-0.2, -0.15) is 0 Å². The summed E-state index contributed by atoms with van der Waals surface area (Å²) in [5.74, 6) is -0.705. The molecule has 1 aromatic rings. The Kier molecular flexibility index (Phi) is 3.47. The zero-order valence-electron chi connectivity index (χ0n) is 12.5. The molecule has 4 nitrogen and oxygen atoms in total. The second-order valence-corrected chi connectivity index (χ2v) is 6.31. The highest BCUT2D eigenvalue weighted by molar-refractivity contribution is 5.85. The highest BCUT2D eigenvalue weighted by Crippen LogP contribution is 2.50. The Balaban J connectivity index is 1.69. The molecule has 1 N–H and O–H groups in total. The molecule has 4 heteroatoms. The summed E-state index contributed by atoms with van der Waals surface area (Å²) < 4.78 is 0. The molecule has 0 radical (unpaired) electrons. The van der Waals surface area contributed by atoms with E-state index in [1.807, 2.05) is 19.1 Å². The van der Waals surface area contributed by atoms with Crippen molar-refractivity contribution in [1.82, 2.24) is 4.90 Å². The summed E-state index contributed by atoms with van der Waals surface area (Å²) in [6.45, 7) is 4.51. The van der Waals surface area contributed by atoms with Crippen molar-refractivity contribution in [3.05, 3.63) is 35.4 Å². The largest absolute Gasteiger partial charge is 0.481 e. The molecule has 1 saturated heterocycles. The van der Waals surface area contributed by atoms with Crippen LogP contribution in [0.1, 0.15) is 36.8 Å². The third kappa shape index (κ3) is 2.43. The first kappa shape index (κ1) is 14.1. The van der Waals surface area contributed by atoms with Gasteiger partial charge in [0.25, 0.3) is 0 Å². The molecule has 1 aliphatic carbocycles. The molecule has 0 spiro atoms. The number of aliphatic carboxylic acids is 1. The monoisotopic (exact) mass is 287 g/mol. The number of rotatable bonds is 3. The molecule has 3 rings (SSSR count). The van der Waals surface area contributed by atoms with Crippen LogP contribution in [0.25, 0.3) is 0 Å². The summed E-state index contributed by atoms with van der Waals surface area (Å²) in [7, 11) is 0. The minimum absolute atomic E-state index is 0.0427. The minimum Gasteiger partial charge on any atom is -0.481 e. The van der Waals surface area contributed by atoms with Crippen molar-refractivity contribution in [2.24, 2.45) is 11.8 Å². The molecule has 4 unspecified atom stereocenters. The maximum atomic E-state index is 12.6. The smallest absolute Gasteiger partial charge is 0.308 e. The molecule has 1 amide bonds. The number of hydrogen-bond donors (Lipinski definition) is 1. The van der Waals surface area contributed by atoms with Crippen LogP contribution >= 0.6 is 0 Å². The summed E-state index contributed by atoms with van der Waals surface area (Å²) in [6.07, 6.45) is 1.47. The van der Waals surface area contributed by atoms with E-state index in [9.17, 15) is 9.59 Å². The van der Waals surface area contributed by atoms with Gasteiger partial charge in [0, 0.05) is 18.5 Å². The van der Waals surface area contributed by atoms with Crippen LogP contribution in [-0.2, 0) is 9.59 Å². The summed E-state index contributed by atoms with van der Waals surface area (Å²) in [4.78, 5) is 25.6. The van der Waals surface area contributed by atoms with E-state index in [-0.39, 0.29) is 17.9 Å². The minimum atomic E-state index is -0.788. The average Bonchev–Trinajstić information content (AvgIpc) is 3.14. The van der Waals surface area contributed by atoms with E-state index in [2.05, 4.69) is 19.1 Å². The molecule has 1 heterocycles. The van der Waals surface area contributed by atoms with Crippen LogP contribution in [0.3, 0.4) is 0 Å². The summed E-state index contributed by atoms with van der Waals surface area (Å²) in [5, 5.41) is 9.17. The number of carboxylic acid groups (broad SMARTS) is 1. The molecule has 1 aliphatic heterocycles. The van der Waals surface area contributed by atoms with Crippen molar-refractivity contribution in [3.63, 3.8) is 0 Å². The van der Waals surface area contributed by atoms with Crippen molar-refractivity contribution in [2.75, 3.05) is 6.54 Å². The highest BCUT2D eigenvalue weighted by atomic mass is 16.4. The van der Waals surface area contributed by atoms with Crippen LogP contribution in [0.4, 0.5) is 0 Å². The molecule has 1 saturated carbocycles. The van der Waals surface area contributed by atoms with Gasteiger partial charge in [-0.05, 0) is 43.7 Å². The number of benzene rings is 1. The Hall–Kier alpha value is -1.84. The lowest BCUT2D eigenvalue weighted by molar-refractivity contribution is -0.143. The van der Waals surface area contributed by atoms with Crippen LogP contribution < -0.4 is 0 Å². The fourth-order valence-corrected chi connectivity index (χ4v) is 3.61. The fraction of sp³-hybridized carbons (Fsp3) is 0.529. The first-order valence-corrected chi connectivity index (χ1v) is 7.59. The fourth-order valence-electron chi connectivity index (χ4n) is 3.61. The Labute approximate surface area is 124 Å². The van der Waals surface area contributed by atoms with Gasteiger partial charge in [0.1, 0.15) is 0 Å². The van der Waals surface area contributed by atoms with E-state index >= 15 is 0 Å². The van der Waals surface area contributed by atoms with Crippen molar-refractivity contribution >= 4 is 11.9 Å². The molecular formula is C17H21NO3. The van der Waals surface area contributed by atoms with Crippen LogP contribution in [0.15, 0.2) is 24.3 Å². The van der Waals surface area contributed by atoms with E-state index in [1.165, 1.54) is 11.1 Å². The van der Waals surface area contributed by atoms with Crippen LogP contribution in [0.2, 0.25) is 0 Å². The average molecular weight is 287 g/mol. The van der Waals surface area contributed by atoms with Crippen LogP contribution in [0, 0.1) is 18.8 Å². The van der Waals surface area contributed by atoms with Gasteiger partial charge >= 0.3 is 5.97 Å². The molecule has 4 atom stereocenters. The summed E-state index contributed by atoms with van der Waals surface area (Å²) in [6, 6.07) is 8.02. The lowest BCUT2D eigenvalue weighted by Crippen LogP contribution is -2.38. The Bertz CT molecular complexity index is 583. The maximum absolute atomic E-state index is 12.6. The Morgan fingerprint density at radius 1 is 1.24 bits per heavy atom. The number of carbonyl (C=O) groups is 2. The number of carbonyl (C=O) groups excluding carboxylic acids is 1. The second kappa shape index (κ2) is 5.17. The zero-order chi connectivity index (χ0) is 15.1. The first-order valence-electron chi connectivity index (χ1n) is 7.59. The number of aryl methyl sites for hydroxylation is 1. The van der Waals surface area contributed by atoms with Crippen molar-refractivity contribution < 1.29 is 14.7 Å².